The molecule has 0 bridgehead atoms. The number of para-hydroxylation sites is 1. The van der Waals surface area contributed by atoms with Crippen molar-refractivity contribution >= 4 is 34.3 Å². The Balaban J connectivity index is 1.14. The van der Waals surface area contributed by atoms with Gasteiger partial charge in [0.25, 0.3) is 0 Å². The molecule has 0 aliphatic rings. The number of nitrogens with zero attached hydrogens (tertiary/aromatic N) is 3. The second-order valence-corrected chi connectivity index (χ2v) is 8.45. The number of carbonyl (C=O) groups is 1. The number of aromatic nitrogens is 3. The van der Waals surface area contributed by atoms with Gasteiger partial charge in [-0.3, -0.25) is 5.32 Å². The number of nitrogen functional groups attached to an aromatic ring is 1. The summed E-state index contributed by atoms with van der Waals surface area (Å²) in [4.78, 5) is 17.1. The minimum absolute atomic E-state index is 0.366. The van der Waals surface area contributed by atoms with E-state index in [1.54, 1.807) is 12.1 Å². The minimum atomic E-state index is -0.366. The number of hydrogen-bond donors (Lipinski definition) is 3. The van der Waals surface area contributed by atoms with E-state index < -0.39 is 0 Å². The van der Waals surface area contributed by atoms with Crippen molar-refractivity contribution in [3.63, 3.8) is 0 Å². The van der Waals surface area contributed by atoms with Crippen LogP contribution in [0.15, 0.2) is 89.3 Å². The van der Waals surface area contributed by atoms with Gasteiger partial charge in [-0.2, -0.15) is 0 Å². The Morgan fingerprint density at radius 1 is 0.833 bits per heavy atom. The van der Waals surface area contributed by atoms with E-state index >= 15 is 0 Å². The number of nitrogens with two attached hydrogens (primary N) is 1. The number of amides is 2. The van der Waals surface area contributed by atoms with Gasteiger partial charge in [-0.15, -0.1) is 10.2 Å². The Labute approximate surface area is 208 Å². The molecule has 4 N–H and O–H groups in total. The van der Waals surface area contributed by atoms with Crippen LogP contribution >= 0.6 is 0 Å². The number of carbonyl (C=O) groups excluding carboxylic acids is 1. The number of unbranched alkanes of at least 4 members (excludes halogenated alkanes) is 1. The summed E-state index contributed by atoms with van der Waals surface area (Å²) in [7, 11) is 0. The highest BCUT2D eigenvalue weighted by Crippen LogP contribution is 2.22. The lowest BCUT2D eigenvalue weighted by atomic mass is 10.1. The van der Waals surface area contributed by atoms with E-state index in [2.05, 4.69) is 25.8 Å². The molecule has 0 spiro atoms. The summed E-state index contributed by atoms with van der Waals surface area (Å²) in [6, 6.07) is 26.2. The van der Waals surface area contributed by atoms with Gasteiger partial charge in [0.1, 0.15) is 5.52 Å². The third-order valence-corrected chi connectivity index (χ3v) is 5.78. The number of benzene rings is 3. The molecule has 180 valence electrons. The molecule has 0 saturated heterocycles. The maximum Gasteiger partial charge on any atom is 0.324 e. The zero-order valence-corrected chi connectivity index (χ0v) is 19.6. The Bertz CT molecular complexity index is 1460. The molecular weight excluding hydrogens is 452 g/mol. The monoisotopic (exact) mass is 478 g/mol. The summed E-state index contributed by atoms with van der Waals surface area (Å²) in [5.41, 5.74) is 11.5. The molecule has 8 nitrogen and oxygen atoms in total. The first-order chi connectivity index (χ1) is 17.6. The average molecular weight is 479 g/mol. The van der Waals surface area contributed by atoms with Crippen molar-refractivity contribution in [2.45, 2.75) is 25.7 Å². The van der Waals surface area contributed by atoms with E-state index in [0.29, 0.717) is 23.0 Å². The highest BCUT2D eigenvalue weighted by Gasteiger charge is 2.10. The molecule has 8 heteroatoms. The van der Waals surface area contributed by atoms with Gasteiger partial charge >= 0.3 is 6.03 Å². The summed E-state index contributed by atoms with van der Waals surface area (Å²) in [6.45, 7) is 0. The second-order valence-electron chi connectivity index (χ2n) is 8.45. The Kier molecular flexibility index (Phi) is 6.84. The van der Waals surface area contributed by atoms with Gasteiger partial charge in [0.05, 0.1) is 5.69 Å². The van der Waals surface area contributed by atoms with Crippen molar-refractivity contribution < 1.29 is 9.21 Å². The molecule has 2 amide bonds. The number of hydrogen-bond acceptors (Lipinski definition) is 6. The molecule has 0 unspecified atom stereocenters. The SMILES string of the molecule is Nc1ccc2nc(CCCCc3ccccc3NC(=O)Nc3ccc(-c4ccccc4)nn3)oc2c1. The quantitative estimate of drug-likeness (QED) is 0.184. The fourth-order valence-corrected chi connectivity index (χ4v) is 3.98. The van der Waals surface area contributed by atoms with Gasteiger partial charge in [0.15, 0.2) is 17.3 Å². The maximum atomic E-state index is 12.6. The van der Waals surface area contributed by atoms with Crippen LogP contribution in [0.3, 0.4) is 0 Å². The third kappa shape index (κ3) is 5.67. The van der Waals surface area contributed by atoms with E-state index in [9.17, 15) is 4.79 Å². The van der Waals surface area contributed by atoms with Crippen LogP contribution in [0, 0.1) is 0 Å². The van der Waals surface area contributed by atoms with Crippen molar-refractivity contribution in [1.29, 1.82) is 0 Å². The summed E-state index contributed by atoms with van der Waals surface area (Å²) < 4.78 is 5.80. The standard InChI is InChI=1S/C28H26N6O2/c29-21-14-15-24-25(18-21)36-27(30-24)13-7-5-11-19-10-4-6-12-22(19)31-28(35)32-26-17-16-23(33-34-26)20-8-2-1-3-9-20/h1-4,6,8-10,12,14-18H,5,7,11,13,29H2,(H2,31,32,34,35). The minimum Gasteiger partial charge on any atom is -0.441 e. The molecule has 0 atom stereocenters. The molecule has 0 aliphatic heterocycles. The molecule has 5 aromatic rings. The number of fused-ring (bicyclic) bond motifs is 1. The van der Waals surface area contributed by atoms with Gasteiger partial charge < -0.3 is 15.5 Å². The number of aryl methyl sites for hydroxylation is 2. The number of rotatable bonds is 8. The maximum absolute atomic E-state index is 12.6. The molecule has 2 aromatic heterocycles. The molecule has 0 radical (unpaired) electrons. The fourth-order valence-electron chi connectivity index (χ4n) is 3.98. The van der Waals surface area contributed by atoms with Crippen LogP contribution in [-0.2, 0) is 12.8 Å². The van der Waals surface area contributed by atoms with Crippen LogP contribution in [0.4, 0.5) is 22.0 Å². The van der Waals surface area contributed by atoms with E-state index in [1.165, 1.54) is 0 Å². The highest BCUT2D eigenvalue weighted by atomic mass is 16.3. The van der Waals surface area contributed by atoms with Crippen molar-refractivity contribution in [1.82, 2.24) is 15.2 Å². The van der Waals surface area contributed by atoms with E-state index in [-0.39, 0.29) is 6.03 Å². The second kappa shape index (κ2) is 10.7. The number of urea groups is 1. The predicted molar refractivity (Wildman–Crippen MR) is 142 cm³/mol. The highest BCUT2D eigenvalue weighted by molar-refractivity contribution is 5.99. The van der Waals surface area contributed by atoms with Crippen molar-refractivity contribution in [2.75, 3.05) is 16.4 Å². The summed E-state index contributed by atoms with van der Waals surface area (Å²) in [5, 5.41) is 14.0. The van der Waals surface area contributed by atoms with Crippen molar-refractivity contribution in [3.05, 3.63) is 96.4 Å². The molecule has 3 aromatic carbocycles. The van der Waals surface area contributed by atoms with E-state index in [0.717, 1.165) is 53.7 Å². The van der Waals surface area contributed by atoms with Crippen LogP contribution in [0.5, 0.6) is 0 Å². The van der Waals surface area contributed by atoms with Gasteiger partial charge in [-0.1, -0.05) is 48.5 Å². The molecule has 0 saturated carbocycles. The number of anilines is 3. The smallest absolute Gasteiger partial charge is 0.324 e. The molecule has 5 rings (SSSR count). The van der Waals surface area contributed by atoms with Gasteiger partial charge in [-0.05, 0) is 55.2 Å². The topological polar surface area (TPSA) is 119 Å². The zero-order valence-electron chi connectivity index (χ0n) is 19.6. The summed E-state index contributed by atoms with van der Waals surface area (Å²) in [5.74, 6) is 1.09. The summed E-state index contributed by atoms with van der Waals surface area (Å²) >= 11 is 0. The van der Waals surface area contributed by atoms with Crippen molar-refractivity contribution in [3.8, 4) is 11.3 Å². The Morgan fingerprint density at radius 2 is 1.64 bits per heavy atom. The van der Waals surface area contributed by atoms with E-state index in [4.69, 9.17) is 10.2 Å². The zero-order chi connectivity index (χ0) is 24.7. The van der Waals surface area contributed by atoms with Gasteiger partial charge in [-0.25, -0.2) is 9.78 Å². The van der Waals surface area contributed by atoms with Crippen LogP contribution in [0.1, 0.15) is 24.3 Å². The summed E-state index contributed by atoms with van der Waals surface area (Å²) in [6.07, 6.45) is 3.39. The van der Waals surface area contributed by atoms with Gasteiger partial charge in [0.2, 0.25) is 0 Å². The first kappa shape index (κ1) is 23.0. The predicted octanol–water partition coefficient (Wildman–Crippen LogP) is 6.08. The van der Waals surface area contributed by atoms with Crippen molar-refractivity contribution in [2.24, 2.45) is 0 Å². The largest absolute Gasteiger partial charge is 0.441 e. The lowest BCUT2D eigenvalue weighted by molar-refractivity contribution is 0.262. The first-order valence-electron chi connectivity index (χ1n) is 11.8. The van der Waals surface area contributed by atoms with Crippen LogP contribution in [0.25, 0.3) is 22.4 Å². The number of nitrogens with one attached hydrogen (secondary N) is 2. The molecule has 2 heterocycles. The van der Waals surface area contributed by atoms with Crippen LogP contribution < -0.4 is 16.4 Å². The van der Waals surface area contributed by atoms with Gasteiger partial charge in [0, 0.05) is 29.4 Å². The van der Waals surface area contributed by atoms with Crippen LogP contribution in [-0.4, -0.2) is 21.2 Å². The number of oxazole rings is 1. The first-order valence-corrected chi connectivity index (χ1v) is 11.8. The molecular formula is C28H26N6O2. The lowest BCUT2D eigenvalue weighted by Crippen LogP contribution is -2.21. The lowest BCUT2D eigenvalue weighted by Gasteiger charge is -2.11. The molecule has 36 heavy (non-hydrogen) atoms. The van der Waals surface area contributed by atoms with Crippen LogP contribution in [0.2, 0.25) is 0 Å². The third-order valence-electron chi connectivity index (χ3n) is 5.78. The molecule has 0 fully saturated rings. The fraction of sp³-hybridized carbons (Fsp3) is 0.143. The average Bonchev–Trinajstić information content (AvgIpc) is 3.30. The normalized spacial score (nSPS) is 10.9. The Morgan fingerprint density at radius 3 is 2.47 bits per heavy atom. The Hall–Kier alpha value is -4.72. The van der Waals surface area contributed by atoms with E-state index in [1.807, 2.05) is 72.8 Å². The molecule has 0 aliphatic carbocycles.